The number of hydrogen-bond donors (Lipinski definition) is 1. The summed E-state index contributed by atoms with van der Waals surface area (Å²) in [5.74, 6) is -1.72. The largest absolute Gasteiger partial charge is 0.465 e. The molecule has 0 radical (unpaired) electrons. The SMILES string of the molecule is CC(C)(C)N1CC=C[C@]23S[C@H]4/C=C\CCCCOC(=O)[C@H]4[C@H]2C(=O)N(CCCCCO)C3C1=O. The van der Waals surface area contributed by atoms with E-state index in [9.17, 15) is 19.5 Å². The molecular formula is C26H38N2O5S. The topological polar surface area (TPSA) is 87.2 Å². The Morgan fingerprint density at radius 2 is 1.91 bits per heavy atom. The Kier molecular flexibility index (Phi) is 7.48. The first kappa shape index (κ1) is 25.3. The number of carbonyl (C=O) groups excluding carboxylic acids is 3. The van der Waals surface area contributed by atoms with Gasteiger partial charge in [0.05, 0.1) is 23.2 Å². The molecular weight excluding hydrogens is 452 g/mol. The maximum absolute atomic E-state index is 14.1. The number of unbranched alkanes of at least 4 members (excludes halogenated alkanes) is 2. The summed E-state index contributed by atoms with van der Waals surface area (Å²) in [5.41, 5.74) is -0.393. The van der Waals surface area contributed by atoms with Gasteiger partial charge in [0.1, 0.15) is 6.04 Å². The van der Waals surface area contributed by atoms with Gasteiger partial charge < -0.3 is 19.6 Å². The van der Waals surface area contributed by atoms with Crippen LogP contribution >= 0.6 is 11.8 Å². The van der Waals surface area contributed by atoms with Gasteiger partial charge in [-0.25, -0.2) is 0 Å². The van der Waals surface area contributed by atoms with Gasteiger partial charge in [-0.3, -0.25) is 14.4 Å². The molecule has 0 aliphatic carbocycles. The van der Waals surface area contributed by atoms with E-state index in [1.165, 1.54) is 0 Å². The molecule has 7 nitrogen and oxygen atoms in total. The minimum absolute atomic E-state index is 0.0518. The van der Waals surface area contributed by atoms with Crippen LogP contribution in [0.2, 0.25) is 0 Å². The summed E-state index contributed by atoms with van der Waals surface area (Å²) >= 11 is 1.60. The number of rotatable bonds is 5. The maximum Gasteiger partial charge on any atom is 0.311 e. The van der Waals surface area contributed by atoms with Gasteiger partial charge in [-0.2, -0.15) is 0 Å². The Balaban J connectivity index is 1.76. The zero-order valence-corrected chi connectivity index (χ0v) is 21.4. The normalized spacial score (nSPS) is 34.9. The van der Waals surface area contributed by atoms with Gasteiger partial charge >= 0.3 is 5.97 Å². The van der Waals surface area contributed by atoms with E-state index in [0.29, 0.717) is 32.5 Å². The van der Waals surface area contributed by atoms with E-state index in [2.05, 4.69) is 18.2 Å². The highest BCUT2D eigenvalue weighted by Crippen LogP contribution is 2.60. The van der Waals surface area contributed by atoms with Crippen molar-refractivity contribution in [2.24, 2.45) is 11.8 Å². The van der Waals surface area contributed by atoms with Crippen LogP contribution in [0.4, 0.5) is 0 Å². The summed E-state index contributed by atoms with van der Waals surface area (Å²) in [4.78, 5) is 45.0. The number of likely N-dealkylation sites (tertiary alicyclic amines) is 1. The van der Waals surface area contributed by atoms with Crippen molar-refractivity contribution in [2.45, 2.75) is 80.9 Å². The van der Waals surface area contributed by atoms with Gasteiger partial charge in [-0.15, -0.1) is 11.8 Å². The molecule has 0 saturated carbocycles. The second kappa shape index (κ2) is 10.1. The number of ether oxygens (including phenoxy) is 1. The summed E-state index contributed by atoms with van der Waals surface area (Å²) in [5, 5.41) is 8.97. The van der Waals surface area contributed by atoms with E-state index < -0.39 is 28.2 Å². The van der Waals surface area contributed by atoms with Crippen LogP contribution in [0.5, 0.6) is 0 Å². The predicted octanol–water partition coefficient (Wildman–Crippen LogP) is 2.93. The zero-order valence-electron chi connectivity index (χ0n) is 20.6. The summed E-state index contributed by atoms with van der Waals surface area (Å²) in [6, 6.07) is -0.652. The van der Waals surface area contributed by atoms with Crippen molar-refractivity contribution in [2.75, 3.05) is 26.3 Å². The number of fused-ring (bicyclic) bond motifs is 2. The van der Waals surface area contributed by atoms with Gasteiger partial charge in [0.15, 0.2) is 0 Å². The number of nitrogens with zero attached hydrogens (tertiary/aromatic N) is 2. The molecule has 0 bridgehead atoms. The first-order valence-corrected chi connectivity index (χ1v) is 13.5. The van der Waals surface area contributed by atoms with Gasteiger partial charge in [0.25, 0.3) is 0 Å². The molecule has 1 N–H and O–H groups in total. The lowest BCUT2D eigenvalue weighted by atomic mass is 9.78. The summed E-state index contributed by atoms with van der Waals surface area (Å²) in [6.45, 7) is 7.45. The van der Waals surface area contributed by atoms with Crippen molar-refractivity contribution >= 4 is 29.5 Å². The number of aliphatic hydroxyl groups is 1. The van der Waals surface area contributed by atoms with Crippen molar-refractivity contribution in [3.63, 3.8) is 0 Å². The van der Waals surface area contributed by atoms with Gasteiger partial charge in [-0.1, -0.05) is 24.3 Å². The molecule has 34 heavy (non-hydrogen) atoms. The number of aliphatic hydroxyl groups excluding tert-OH is 1. The second-order valence-electron chi connectivity index (χ2n) is 10.8. The number of carbonyl (C=O) groups is 3. The van der Waals surface area contributed by atoms with Crippen molar-refractivity contribution in [1.82, 2.24) is 9.80 Å². The van der Waals surface area contributed by atoms with Crippen molar-refractivity contribution in [1.29, 1.82) is 0 Å². The minimum Gasteiger partial charge on any atom is -0.465 e. The molecule has 2 fully saturated rings. The summed E-state index contributed by atoms with van der Waals surface area (Å²) < 4.78 is 4.85. The van der Waals surface area contributed by atoms with Crippen LogP contribution < -0.4 is 0 Å². The van der Waals surface area contributed by atoms with Gasteiger partial charge in [0, 0.05) is 30.5 Å². The molecule has 1 unspecified atom stereocenters. The zero-order chi connectivity index (χ0) is 24.5. The highest BCUT2D eigenvalue weighted by molar-refractivity contribution is 8.02. The molecule has 188 valence electrons. The van der Waals surface area contributed by atoms with E-state index in [4.69, 9.17) is 4.74 Å². The van der Waals surface area contributed by atoms with Crippen LogP contribution in [-0.2, 0) is 19.1 Å². The number of thioether (sulfide) groups is 1. The lowest BCUT2D eigenvalue weighted by Crippen LogP contribution is -2.57. The molecule has 1 spiro atoms. The quantitative estimate of drug-likeness (QED) is 0.362. The molecule has 0 aromatic rings. The monoisotopic (exact) mass is 490 g/mol. The molecule has 0 aromatic heterocycles. The number of hydrogen-bond acceptors (Lipinski definition) is 6. The highest BCUT2D eigenvalue weighted by Gasteiger charge is 2.71. The van der Waals surface area contributed by atoms with Gasteiger partial charge in [0.2, 0.25) is 11.8 Å². The number of cyclic esters (lactones) is 1. The molecule has 2 amide bonds. The van der Waals surface area contributed by atoms with Crippen molar-refractivity contribution in [3.8, 4) is 0 Å². The summed E-state index contributed by atoms with van der Waals surface area (Å²) in [7, 11) is 0. The standard InChI is InChI=1S/C26H38N2O5S/c1-25(2,3)28-15-11-13-26-20(19-18(34-26)12-7-4-5-10-17-33-24(19)32)22(30)27(21(26)23(28)31)14-8-6-9-16-29/h7,11-13,18-21,29H,4-6,8-10,14-17H2,1-3H3/b12-7-/t18-,19+,20-,21?,26-/m0/s1. The number of esters is 1. The lowest BCUT2D eigenvalue weighted by molar-refractivity contribution is -0.153. The van der Waals surface area contributed by atoms with E-state index in [1.54, 1.807) is 16.7 Å². The fourth-order valence-electron chi connectivity index (χ4n) is 5.83. The van der Waals surface area contributed by atoms with Crippen LogP contribution in [0, 0.1) is 11.8 Å². The Hall–Kier alpha value is -1.80. The molecule has 4 aliphatic heterocycles. The average molecular weight is 491 g/mol. The fraction of sp³-hybridized carbons (Fsp3) is 0.731. The highest BCUT2D eigenvalue weighted by atomic mass is 32.2. The Morgan fingerprint density at radius 1 is 1.12 bits per heavy atom. The van der Waals surface area contributed by atoms with Crippen LogP contribution in [-0.4, -0.2) is 80.6 Å². The Labute approximate surface area is 206 Å². The van der Waals surface area contributed by atoms with Gasteiger partial charge in [-0.05, 0) is 59.3 Å². The Bertz CT molecular complexity index is 866. The smallest absolute Gasteiger partial charge is 0.311 e. The molecule has 5 atom stereocenters. The van der Waals surface area contributed by atoms with Crippen LogP contribution in [0.1, 0.15) is 59.3 Å². The Morgan fingerprint density at radius 3 is 2.65 bits per heavy atom. The van der Waals surface area contributed by atoms with E-state index >= 15 is 0 Å². The average Bonchev–Trinajstić information content (AvgIpc) is 3.15. The predicted molar refractivity (Wildman–Crippen MR) is 132 cm³/mol. The lowest BCUT2D eigenvalue weighted by Gasteiger charge is -2.40. The van der Waals surface area contributed by atoms with Crippen LogP contribution in [0.15, 0.2) is 24.3 Å². The minimum atomic E-state index is -0.794. The molecule has 4 rings (SSSR count). The number of allylic oxidation sites excluding steroid dienone is 1. The van der Waals surface area contributed by atoms with Crippen molar-refractivity contribution in [3.05, 3.63) is 24.3 Å². The number of amides is 2. The van der Waals surface area contributed by atoms with Crippen LogP contribution in [0.3, 0.4) is 0 Å². The van der Waals surface area contributed by atoms with E-state index in [-0.39, 0.29) is 29.6 Å². The fourth-order valence-corrected chi connectivity index (χ4v) is 7.83. The first-order chi connectivity index (χ1) is 16.2. The third-order valence-corrected chi connectivity index (χ3v) is 9.21. The molecule has 2 saturated heterocycles. The third kappa shape index (κ3) is 4.43. The molecule has 8 heteroatoms. The molecule has 4 aliphatic rings. The maximum atomic E-state index is 14.1. The second-order valence-corrected chi connectivity index (χ2v) is 12.3. The van der Waals surface area contributed by atoms with E-state index in [1.807, 2.05) is 31.7 Å². The molecule has 4 heterocycles. The molecule has 0 aromatic carbocycles. The third-order valence-electron chi connectivity index (χ3n) is 7.47. The van der Waals surface area contributed by atoms with E-state index in [0.717, 1.165) is 25.7 Å². The first-order valence-electron chi connectivity index (χ1n) is 12.6. The van der Waals surface area contributed by atoms with Crippen LogP contribution in [0.25, 0.3) is 0 Å². The summed E-state index contributed by atoms with van der Waals surface area (Å²) in [6.07, 6.45) is 13.1. The van der Waals surface area contributed by atoms with Crippen molar-refractivity contribution < 1.29 is 24.2 Å².